The maximum Gasteiger partial charge on any atom is 0.422 e. The summed E-state index contributed by atoms with van der Waals surface area (Å²) < 4.78 is 68.5. The first-order chi connectivity index (χ1) is 21.4. The second-order valence-corrected chi connectivity index (χ2v) is 15.4. The third-order valence-corrected chi connectivity index (χ3v) is 9.02. The average Bonchev–Trinajstić information content (AvgIpc) is 3.71. The Balaban J connectivity index is 1.42. The number of nitrogens with zero attached hydrogens (tertiary/aromatic N) is 3. The Morgan fingerprint density at radius 2 is 1.63 bits per heavy atom. The number of halogens is 4. The average molecular weight is 681 g/mol. The second-order valence-electron chi connectivity index (χ2n) is 12.7. The number of carbonyl (C=O) groups excluding carboxylic acids is 2. The van der Waals surface area contributed by atoms with Crippen LogP contribution in [-0.2, 0) is 26.6 Å². The maximum atomic E-state index is 12.9. The van der Waals surface area contributed by atoms with Crippen LogP contribution in [0.3, 0.4) is 0 Å². The fraction of sp³-hybridized carbons (Fsp3) is 0.469. The number of nitrogens with one attached hydrogen (secondary N) is 1. The summed E-state index contributed by atoms with van der Waals surface area (Å²) in [5.74, 6) is -1.37. The van der Waals surface area contributed by atoms with E-state index in [-0.39, 0.29) is 53.5 Å². The first-order valence-corrected chi connectivity index (χ1v) is 16.9. The molecule has 1 aliphatic rings. The topological polar surface area (TPSA) is 128 Å². The lowest BCUT2D eigenvalue weighted by Crippen LogP contribution is -2.23. The molecule has 1 aromatic heterocycles. The lowest BCUT2D eigenvalue weighted by molar-refractivity contribution is -0.154. The van der Waals surface area contributed by atoms with Gasteiger partial charge in [0.1, 0.15) is 17.4 Å². The van der Waals surface area contributed by atoms with Gasteiger partial charge in [0.25, 0.3) is 0 Å². The second kappa shape index (κ2) is 14.0. The van der Waals surface area contributed by atoms with Crippen molar-refractivity contribution in [3.05, 3.63) is 76.1 Å². The molecule has 1 aliphatic carbocycles. The normalized spacial score (nSPS) is 14.5. The van der Waals surface area contributed by atoms with E-state index in [4.69, 9.17) is 16.3 Å². The van der Waals surface area contributed by atoms with E-state index in [2.05, 4.69) is 20.3 Å². The van der Waals surface area contributed by atoms with Crippen LogP contribution in [0.25, 0.3) is 0 Å². The zero-order valence-corrected chi connectivity index (χ0v) is 27.4. The molecule has 0 amide bonds. The van der Waals surface area contributed by atoms with E-state index in [0.717, 1.165) is 18.4 Å². The monoisotopic (exact) mass is 680 g/mol. The molecule has 0 saturated heterocycles. The Hall–Kier alpha value is -3.58. The Labute approximate surface area is 271 Å². The van der Waals surface area contributed by atoms with Crippen LogP contribution in [0.1, 0.15) is 80.2 Å². The van der Waals surface area contributed by atoms with E-state index in [9.17, 15) is 31.2 Å². The van der Waals surface area contributed by atoms with Crippen LogP contribution in [0.15, 0.2) is 48.5 Å². The summed E-state index contributed by atoms with van der Waals surface area (Å²) in [5.41, 5.74) is 1.04. The van der Waals surface area contributed by atoms with Crippen molar-refractivity contribution >= 4 is 39.0 Å². The molecule has 14 heteroatoms. The molecule has 1 saturated carbocycles. The van der Waals surface area contributed by atoms with Gasteiger partial charge in [-0.05, 0) is 47.9 Å². The minimum atomic E-state index is -4.60. The van der Waals surface area contributed by atoms with Gasteiger partial charge in [-0.2, -0.15) is 28.1 Å². The maximum absolute atomic E-state index is 12.9. The number of sulfone groups is 1. The highest BCUT2D eigenvalue weighted by molar-refractivity contribution is 7.92. The molecule has 0 atom stereocenters. The fourth-order valence-corrected chi connectivity index (χ4v) is 6.27. The molecule has 2 aromatic carbocycles. The molecule has 1 fully saturated rings. The molecule has 9 nitrogen and oxygen atoms in total. The molecule has 0 bridgehead atoms. The van der Waals surface area contributed by atoms with Crippen molar-refractivity contribution in [2.24, 2.45) is 5.41 Å². The molecule has 0 unspecified atom stereocenters. The Morgan fingerprint density at radius 1 is 0.978 bits per heavy atom. The number of alkyl halides is 3. The summed E-state index contributed by atoms with van der Waals surface area (Å²) >= 11 is 6.01. The first-order valence-electron chi connectivity index (χ1n) is 14.7. The summed E-state index contributed by atoms with van der Waals surface area (Å²) in [6, 6.07) is 12.8. The minimum absolute atomic E-state index is 0.0154. The van der Waals surface area contributed by atoms with Gasteiger partial charge < -0.3 is 10.1 Å². The van der Waals surface area contributed by atoms with Gasteiger partial charge in [-0.25, -0.2) is 8.42 Å². The number of benzene rings is 2. The van der Waals surface area contributed by atoms with E-state index in [1.165, 1.54) is 12.1 Å². The summed E-state index contributed by atoms with van der Waals surface area (Å²) in [6.07, 6.45) is -2.39. The smallest absolute Gasteiger partial charge is 0.422 e. The van der Waals surface area contributed by atoms with Crippen molar-refractivity contribution in [3.63, 3.8) is 0 Å². The number of Topliss-reactive ketones (excluding diaryl/α,β-unsaturated/α-hetero) is 2. The number of hydrogen-bond acceptors (Lipinski definition) is 9. The number of anilines is 1. The van der Waals surface area contributed by atoms with Crippen LogP contribution >= 0.6 is 11.6 Å². The van der Waals surface area contributed by atoms with Gasteiger partial charge in [0.2, 0.25) is 5.95 Å². The standard InChI is InChI=1S/C32H36ClF3N4O5S/c1-30(2,3)18-25(41)5-4-16-46(43,44)19-26(42)22-8-6-21(7-9-22)17-27-37-28(39-29(38-27)45-20-32(34,35)36)40-31(14-15-31)23-10-12-24(33)13-11-23/h6-13H,4-5,14-20H2,1-3H3,(H,37,38,39,40). The van der Waals surface area contributed by atoms with Crippen LogP contribution in [0, 0.1) is 5.41 Å². The Bertz CT molecular complexity index is 1650. The van der Waals surface area contributed by atoms with Crippen molar-refractivity contribution < 1.29 is 35.9 Å². The van der Waals surface area contributed by atoms with Crippen molar-refractivity contribution in [2.75, 3.05) is 23.4 Å². The summed E-state index contributed by atoms with van der Waals surface area (Å²) in [7, 11) is -3.72. The van der Waals surface area contributed by atoms with E-state index in [1.54, 1.807) is 24.3 Å². The fourth-order valence-electron chi connectivity index (χ4n) is 4.85. The third-order valence-electron chi connectivity index (χ3n) is 7.15. The van der Waals surface area contributed by atoms with Crippen molar-refractivity contribution in [1.82, 2.24) is 15.0 Å². The lowest BCUT2D eigenvalue weighted by Gasteiger charge is -2.19. The predicted octanol–water partition coefficient (Wildman–Crippen LogP) is 6.54. The number of ketones is 2. The SMILES string of the molecule is CC(C)(C)CC(=O)CCCS(=O)(=O)CC(=O)c1ccc(Cc2nc(NC3(c4ccc(Cl)cc4)CC3)nc(OCC(F)(F)F)n2)cc1. The minimum Gasteiger partial charge on any atom is -0.454 e. The van der Waals surface area contributed by atoms with Crippen molar-refractivity contribution in [1.29, 1.82) is 0 Å². The van der Waals surface area contributed by atoms with E-state index in [1.807, 2.05) is 32.9 Å². The molecule has 0 spiro atoms. The van der Waals surface area contributed by atoms with E-state index >= 15 is 0 Å². The van der Waals surface area contributed by atoms with Crippen LogP contribution in [0.2, 0.25) is 5.02 Å². The molecule has 1 heterocycles. The lowest BCUT2D eigenvalue weighted by atomic mass is 9.89. The molecule has 248 valence electrons. The zero-order valence-electron chi connectivity index (χ0n) is 25.8. The van der Waals surface area contributed by atoms with Crippen LogP contribution in [-0.4, -0.2) is 59.2 Å². The van der Waals surface area contributed by atoms with Crippen LogP contribution in [0.4, 0.5) is 19.1 Å². The Morgan fingerprint density at radius 3 is 2.22 bits per heavy atom. The van der Waals surface area contributed by atoms with Gasteiger partial charge in [0.05, 0.1) is 11.3 Å². The quantitative estimate of drug-likeness (QED) is 0.178. The third kappa shape index (κ3) is 11.0. The molecule has 1 N–H and O–H groups in total. The highest BCUT2D eigenvalue weighted by atomic mass is 35.5. The van der Waals surface area contributed by atoms with Crippen LogP contribution < -0.4 is 10.1 Å². The van der Waals surface area contributed by atoms with Gasteiger partial charge in [0.15, 0.2) is 22.2 Å². The molecular weight excluding hydrogens is 645 g/mol. The number of carbonyl (C=O) groups is 2. The largest absolute Gasteiger partial charge is 0.454 e. The molecule has 4 rings (SSSR count). The van der Waals surface area contributed by atoms with Gasteiger partial charge >= 0.3 is 12.2 Å². The van der Waals surface area contributed by atoms with Gasteiger partial charge in [-0.1, -0.05) is 68.8 Å². The van der Waals surface area contributed by atoms with Gasteiger partial charge in [0, 0.05) is 29.8 Å². The Kier molecular flexibility index (Phi) is 10.8. The first kappa shape index (κ1) is 35.3. The van der Waals surface area contributed by atoms with Crippen molar-refractivity contribution in [2.45, 2.75) is 71.0 Å². The predicted molar refractivity (Wildman–Crippen MR) is 168 cm³/mol. The molecule has 3 aromatic rings. The van der Waals surface area contributed by atoms with Gasteiger partial charge in [-0.3, -0.25) is 9.59 Å². The van der Waals surface area contributed by atoms with Crippen LogP contribution in [0.5, 0.6) is 6.01 Å². The highest BCUT2D eigenvalue weighted by Crippen LogP contribution is 2.48. The summed E-state index contributed by atoms with van der Waals surface area (Å²) in [5, 5.41) is 3.79. The summed E-state index contributed by atoms with van der Waals surface area (Å²) in [4.78, 5) is 37.3. The summed E-state index contributed by atoms with van der Waals surface area (Å²) in [6.45, 7) is 4.22. The van der Waals surface area contributed by atoms with E-state index < -0.39 is 45.7 Å². The molecule has 46 heavy (non-hydrogen) atoms. The molecule has 0 radical (unpaired) electrons. The zero-order chi connectivity index (χ0) is 33.8. The number of hydrogen-bond donors (Lipinski definition) is 1. The number of rotatable bonds is 15. The molecular formula is C32H36ClF3N4O5S. The van der Waals surface area contributed by atoms with Crippen molar-refractivity contribution in [3.8, 4) is 6.01 Å². The number of aromatic nitrogens is 3. The van der Waals surface area contributed by atoms with Gasteiger partial charge in [-0.15, -0.1) is 0 Å². The molecule has 0 aliphatic heterocycles. The highest BCUT2D eigenvalue weighted by Gasteiger charge is 2.45. The number of ether oxygens (including phenoxy) is 1. The van der Waals surface area contributed by atoms with E-state index in [0.29, 0.717) is 17.0 Å².